The third kappa shape index (κ3) is 3.04. The lowest BCUT2D eigenvalue weighted by molar-refractivity contribution is 0.618. The molecule has 140 valence electrons. The second kappa shape index (κ2) is 6.71. The highest BCUT2D eigenvalue weighted by molar-refractivity contribution is 7.18. The zero-order valence-corrected chi connectivity index (χ0v) is 16.7. The van der Waals surface area contributed by atoms with Crippen molar-refractivity contribution < 1.29 is 0 Å². The highest BCUT2D eigenvalue weighted by atomic mass is 32.1. The van der Waals surface area contributed by atoms with Crippen LogP contribution in [-0.4, -0.2) is 46.1 Å². The lowest BCUT2D eigenvalue weighted by Gasteiger charge is -2.37. The quantitative estimate of drug-likeness (QED) is 0.680. The number of aromatic nitrogens is 4. The summed E-state index contributed by atoms with van der Waals surface area (Å²) < 4.78 is 0. The standard InChI is InChI=1S/C20H24N6S/c1-13-11-16-18(21-12-22-20(16)27-13)25-7-9-26(10-8-25)19-15-5-3-4-6-17(15)23-14(2)24-19/h11-12H,3-10H2,1-2H3. The second-order valence-corrected chi connectivity index (χ2v) is 8.71. The van der Waals surface area contributed by atoms with E-state index in [2.05, 4.69) is 32.8 Å². The van der Waals surface area contributed by atoms with Crippen molar-refractivity contribution in [2.75, 3.05) is 36.0 Å². The largest absolute Gasteiger partial charge is 0.353 e. The van der Waals surface area contributed by atoms with Crippen molar-refractivity contribution in [3.63, 3.8) is 0 Å². The van der Waals surface area contributed by atoms with E-state index < -0.39 is 0 Å². The minimum atomic E-state index is 0.902. The van der Waals surface area contributed by atoms with E-state index in [1.165, 1.54) is 40.2 Å². The minimum absolute atomic E-state index is 0.902. The van der Waals surface area contributed by atoms with Gasteiger partial charge in [-0.2, -0.15) is 0 Å². The molecule has 1 aliphatic heterocycles. The summed E-state index contributed by atoms with van der Waals surface area (Å²) in [5, 5.41) is 1.18. The topological polar surface area (TPSA) is 58.0 Å². The molecule has 27 heavy (non-hydrogen) atoms. The summed E-state index contributed by atoms with van der Waals surface area (Å²) in [6.45, 7) is 8.01. The molecule has 0 radical (unpaired) electrons. The molecule has 0 spiro atoms. The first-order chi connectivity index (χ1) is 13.2. The van der Waals surface area contributed by atoms with Crippen LogP contribution in [-0.2, 0) is 12.8 Å². The molecule has 3 aromatic rings. The van der Waals surface area contributed by atoms with E-state index in [0.29, 0.717) is 0 Å². The zero-order chi connectivity index (χ0) is 18.4. The Morgan fingerprint density at radius 3 is 2.44 bits per heavy atom. The summed E-state index contributed by atoms with van der Waals surface area (Å²) in [5.74, 6) is 3.15. The first-order valence-electron chi connectivity index (χ1n) is 9.76. The number of anilines is 2. The van der Waals surface area contributed by atoms with Crippen LogP contribution in [0.15, 0.2) is 12.4 Å². The van der Waals surface area contributed by atoms with Gasteiger partial charge in [0.1, 0.15) is 28.6 Å². The van der Waals surface area contributed by atoms with Gasteiger partial charge >= 0.3 is 0 Å². The van der Waals surface area contributed by atoms with Gasteiger partial charge in [0.15, 0.2) is 0 Å². The van der Waals surface area contributed by atoms with Gasteiger partial charge in [-0.1, -0.05) is 0 Å². The molecule has 4 heterocycles. The number of fused-ring (bicyclic) bond motifs is 2. The summed E-state index contributed by atoms with van der Waals surface area (Å²) in [4.78, 5) is 25.8. The molecule has 0 saturated carbocycles. The number of hydrogen-bond acceptors (Lipinski definition) is 7. The van der Waals surface area contributed by atoms with Gasteiger partial charge in [-0.05, 0) is 45.6 Å². The van der Waals surface area contributed by atoms with Crippen LogP contribution in [0.25, 0.3) is 10.2 Å². The SMILES string of the molecule is Cc1nc2c(c(N3CCN(c4ncnc5sc(C)cc45)CC3)n1)CCCC2. The van der Waals surface area contributed by atoms with Crippen LogP contribution in [0.5, 0.6) is 0 Å². The van der Waals surface area contributed by atoms with Gasteiger partial charge in [-0.25, -0.2) is 19.9 Å². The lowest BCUT2D eigenvalue weighted by atomic mass is 9.96. The number of piperazine rings is 1. The highest BCUT2D eigenvalue weighted by Crippen LogP contribution is 2.32. The average molecular weight is 381 g/mol. The highest BCUT2D eigenvalue weighted by Gasteiger charge is 2.25. The van der Waals surface area contributed by atoms with Gasteiger partial charge in [-0.3, -0.25) is 0 Å². The first-order valence-corrected chi connectivity index (χ1v) is 10.6. The van der Waals surface area contributed by atoms with Crippen molar-refractivity contribution in [1.82, 2.24) is 19.9 Å². The summed E-state index contributed by atoms with van der Waals surface area (Å²) in [6.07, 6.45) is 6.42. The minimum Gasteiger partial charge on any atom is -0.353 e. The van der Waals surface area contributed by atoms with Gasteiger partial charge in [0.2, 0.25) is 0 Å². The third-order valence-corrected chi connectivity index (χ3v) is 6.54. The van der Waals surface area contributed by atoms with Crippen LogP contribution in [0.1, 0.15) is 34.8 Å². The Morgan fingerprint density at radius 2 is 1.63 bits per heavy atom. The molecule has 5 rings (SSSR count). The zero-order valence-electron chi connectivity index (χ0n) is 15.9. The van der Waals surface area contributed by atoms with Crippen molar-refractivity contribution in [1.29, 1.82) is 0 Å². The van der Waals surface area contributed by atoms with E-state index in [1.807, 2.05) is 6.92 Å². The number of nitrogens with zero attached hydrogens (tertiary/aromatic N) is 6. The predicted molar refractivity (Wildman–Crippen MR) is 110 cm³/mol. The Hall–Kier alpha value is -2.28. The lowest BCUT2D eigenvalue weighted by Crippen LogP contribution is -2.47. The summed E-state index contributed by atoms with van der Waals surface area (Å²) >= 11 is 1.74. The van der Waals surface area contributed by atoms with Gasteiger partial charge in [0, 0.05) is 42.3 Å². The van der Waals surface area contributed by atoms with E-state index >= 15 is 0 Å². The number of hydrogen-bond donors (Lipinski definition) is 0. The van der Waals surface area contributed by atoms with E-state index in [9.17, 15) is 0 Å². The normalized spacial score (nSPS) is 17.4. The Kier molecular flexibility index (Phi) is 4.19. The van der Waals surface area contributed by atoms with E-state index in [0.717, 1.165) is 55.5 Å². The summed E-state index contributed by atoms with van der Waals surface area (Å²) in [6, 6.07) is 2.21. The molecule has 3 aromatic heterocycles. The number of thiophene rings is 1. The maximum Gasteiger partial charge on any atom is 0.140 e. The molecule has 1 aliphatic carbocycles. The maximum absolute atomic E-state index is 4.83. The van der Waals surface area contributed by atoms with Crippen molar-refractivity contribution >= 4 is 33.2 Å². The van der Waals surface area contributed by atoms with E-state index in [1.54, 1.807) is 17.7 Å². The van der Waals surface area contributed by atoms with Crippen LogP contribution in [0, 0.1) is 13.8 Å². The molecule has 0 unspecified atom stereocenters. The van der Waals surface area contributed by atoms with E-state index in [-0.39, 0.29) is 0 Å². The molecule has 1 fully saturated rings. The Labute approximate surface area is 163 Å². The van der Waals surface area contributed by atoms with Crippen molar-refractivity contribution in [2.24, 2.45) is 0 Å². The summed E-state index contributed by atoms with van der Waals surface area (Å²) in [5.41, 5.74) is 2.66. The number of aryl methyl sites for hydroxylation is 3. The first kappa shape index (κ1) is 16.9. The molecule has 0 amide bonds. The second-order valence-electron chi connectivity index (χ2n) is 7.47. The smallest absolute Gasteiger partial charge is 0.140 e. The molecule has 0 atom stereocenters. The fraction of sp³-hybridized carbons (Fsp3) is 0.500. The van der Waals surface area contributed by atoms with Crippen molar-refractivity contribution in [3.05, 3.63) is 34.4 Å². The predicted octanol–water partition coefficient (Wildman–Crippen LogP) is 3.30. The van der Waals surface area contributed by atoms with Crippen LogP contribution in [0.2, 0.25) is 0 Å². The fourth-order valence-electron chi connectivity index (χ4n) is 4.30. The van der Waals surface area contributed by atoms with Crippen LogP contribution >= 0.6 is 11.3 Å². The third-order valence-electron chi connectivity index (χ3n) is 5.58. The van der Waals surface area contributed by atoms with Gasteiger partial charge < -0.3 is 9.80 Å². The molecule has 2 aliphatic rings. The molecule has 0 N–H and O–H groups in total. The molecule has 7 heteroatoms. The molecular weight excluding hydrogens is 356 g/mol. The molecule has 0 aromatic carbocycles. The van der Waals surface area contributed by atoms with Crippen molar-refractivity contribution in [2.45, 2.75) is 39.5 Å². The molecule has 6 nitrogen and oxygen atoms in total. The number of rotatable bonds is 2. The van der Waals surface area contributed by atoms with Crippen LogP contribution in [0.4, 0.5) is 11.6 Å². The molecule has 1 saturated heterocycles. The maximum atomic E-state index is 4.83. The fourth-order valence-corrected chi connectivity index (χ4v) is 5.14. The summed E-state index contributed by atoms with van der Waals surface area (Å²) in [7, 11) is 0. The molecular formula is C20H24N6S. The molecule has 0 bridgehead atoms. The Bertz CT molecular complexity index is 990. The van der Waals surface area contributed by atoms with Crippen molar-refractivity contribution in [3.8, 4) is 0 Å². The monoisotopic (exact) mass is 380 g/mol. The Balaban J connectivity index is 1.40. The van der Waals surface area contributed by atoms with Gasteiger partial charge in [0.05, 0.1) is 5.39 Å². The van der Waals surface area contributed by atoms with Crippen LogP contribution < -0.4 is 9.80 Å². The average Bonchev–Trinajstić information content (AvgIpc) is 3.07. The Morgan fingerprint density at radius 1 is 0.889 bits per heavy atom. The van der Waals surface area contributed by atoms with Gasteiger partial charge in [0.25, 0.3) is 0 Å². The van der Waals surface area contributed by atoms with E-state index in [4.69, 9.17) is 9.97 Å². The van der Waals surface area contributed by atoms with Crippen LogP contribution in [0.3, 0.4) is 0 Å². The van der Waals surface area contributed by atoms with Gasteiger partial charge in [-0.15, -0.1) is 11.3 Å².